The molecule has 73 heavy (non-hydrogen) atoms. The topological polar surface area (TPSA) is 240 Å². The van der Waals surface area contributed by atoms with E-state index in [1.54, 1.807) is 65.9 Å². The van der Waals surface area contributed by atoms with Crippen LogP contribution in [-0.4, -0.2) is 114 Å². The molecule has 406 valence electrons. The zero-order valence-corrected chi connectivity index (χ0v) is 44.9. The summed E-state index contributed by atoms with van der Waals surface area (Å²) in [6, 6.07) is 12.3. The van der Waals surface area contributed by atoms with Crippen LogP contribution in [0.1, 0.15) is 144 Å². The van der Waals surface area contributed by atoms with Gasteiger partial charge in [0.2, 0.25) is 17.7 Å². The molecular formula is C55H84N6O12. The number of amides is 6. The number of rotatable bonds is 29. The minimum Gasteiger partial charge on any atom is -0.495 e. The van der Waals surface area contributed by atoms with Crippen molar-refractivity contribution in [2.45, 2.75) is 188 Å². The Balaban J connectivity index is 1.92. The smallest absolute Gasteiger partial charge is 0.407 e. The minimum atomic E-state index is -1.56. The van der Waals surface area contributed by atoms with Crippen LogP contribution in [-0.2, 0) is 56.1 Å². The van der Waals surface area contributed by atoms with Crippen molar-refractivity contribution in [3.8, 4) is 0 Å². The van der Waals surface area contributed by atoms with Gasteiger partial charge in [-0.1, -0.05) is 120 Å². The third kappa shape index (κ3) is 22.6. The quantitative estimate of drug-likeness (QED) is 0.0261. The van der Waals surface area contributed by atoms with Gasteiger partial charge in [0.15, 0.2) is 6.04 Å². The number of benzene rings is 2. The normalized spacial score (nSPS) is 15.7. The van der Waals surface area contributed by atoms with E-state index in [1.165, 1.54) is 11.8 Å². The fraction of sp³-hybridized carbons (Fsp3) is 0.618. The molecule has 2 aromatic carbocycles. The molecule has 18 heteroatoms. The van der Waals surface area contributed by atoms with Crippen molar-refractivity contribution < 1.29 is 57.6 Å². The maximum Gasteiger partial charge on any atom is 0.407 e. The molecule has 0 radical (unpaired) electrons. The maximum atomic E-state index is 14.7. The van der Waals surface area contributed by atoms with Gasteiger partial charge in [0.05, 0.1) is 30.9 Å². The number of allylic oxidation sites excluding steroid dienone is 1. The van der Waals surface area contributed by atoms with Crippen molar-refractivity contribution in [3.63, 3.8) is 0 Å². The van der Waals surface area contributed by atoms with Gasteiger partial charge in [-0.2, -0.15) is 0 Å². The van der Waals surface area contributed by atoms with Gasteiger partial charge >= 0.3 is 18.2 Å². The number of unbranched alkanes of at least 4 members (excludes halogenated alkanes) is 3. The second-order valence-electron chi connectivity index (χ2n) is 20.5. The molecule has 0 spiro atoms. The van der Waals surface area contributed by atoms with Crippen molar-refractivity contribution in [3.05, 3.63) is 83.1 Å². The summed E-state index contributed by atoms with van der Waals surface area (Å²) < 4.78 is 22.9. The lowest BCUT2D eigenvalue weighted by Gasteiger charge is -2.35. The van der Waals surface area contributed by atoms with E-state index >= 15 is 0 Å². The van der Waals surface area contributed by atoms with E-state index in [-0.39, 0.29) is 38.1 Å². The van der Waals surface area contributed by atoms with Crippen LogP contribution in [0, 0.1) is 11.8 Å². The van der Waals surface area contributed by atoms with Crippen molar-refractivity contribution in [2.24, 2.45) is 11.8 Å². The highest BCUT2D eigenvalue weighted by Gasteiger charge is 2.38. The van der Waals surface area contributed by atoms with Gasteiger partial charge < -0.3 is 55.5 Å². The van der Waals surface area contributed by atoms with Crippen LogP contribution in [0.2, 0.25) is 0 Å². The van der Waals surface area contributed by atoms with Crippen LogP contribution in [0.5, 0.6) is 0 Å². The first-order valence-electron chi connectivity index (χ1n) is 25.9. The largest absolute Gasteiger partial charge is 0.495 e. The van der Waals surface area contributed by atoms with Crippen LogP contribution < -0.4 is 26.6 Å². The van der Waals surface area contributed by atoms with E-state index in [2.05, 4.69) is 33.5 Å². The molecule has 0 bridgehead atoms. The van der Waals surface area contributed by atoms with E-state index in [0.29, 0.717) is 36.2 Å². The van der Waals surface area contributed by atoms with Crippen LogP contribution in [0.25, 0.3) is 0 Å². The Kier molecular flexibility index (Phi) is 26.3. The van der Waals surface area contributed by atoms with Gasteiger partial charge in [0, 0.05) is 13.5 Å². The molecule has 3 rings (SSSR count). The van der Waals surface area contributed by atoms with Crippen LogP contribution in [0.3, 0.4) is 0 Å². The summed E-state index contributed by atoms with van der Waals surface area (Å²) in [5, 5.41) is 23.7. The van der Waals surface area contributed by atoms with Crippen molar-refractivity contribution in [1.82, 2.24) is 31.5 Å². The predicted molar refractivity (Wildman–Crippen MR) is 278 cm³/mol. The minimum absolute atomic E-state index is 0.0617. The molecule has 1 aliphatic rings. The predicted octanol–water partition coefficient (Wildman–Crippen LogP) is 7.68. The van der Waals surface area contributed by atoms with Crippen molar-refractivity contribution in [1.29, 1.82) is 0 Å². The standard InChI is InChI=1S/C55H84N6O12/c1-11-12-13-23-30-45(71-33-37(4)57-54(69)73-55(7,8)9)38(5)51(65)61(10)44(31-36(2)3)49(63)60-47(42-28-21-16-22-29-42)50(64)58-43(32-56-53(68)72-35-41-26-19-15-20-27-41)48(62)59-46(52(66)67)39(6)70-34-40-24-17-14-18-25-40/h14-15,17-20,24-27,36-37,39,42-44,46-47H,11-13,16,21-23,28-35H2,1-10H3,(H,56,68)(H,57,69)(H,58,64)(H,59,62)(H,60,63)(H,66,67)/b45-38-/t37-,39+,43+,44+,46+,47+/m1/s1. The number of carboxylic acids is 1. The first kappa shape index (κ1) is 61.1. The highest BCUT2D eigenvalue weighted by molar-refractivity contribution is 5.98. The molecule has 0 unspecified atom stereocenters. The Morgan fingerprint density at radius 3 is 1.93 bits per heavy atom. The Bertz CT molecular complexity index is 2090. The zero-order valence-electron chi connectivity index (χ0n) is 44.9. The number of carbonyl (C=O) groups is 7. The van der Waals surface area contributed by atoms with E-state index in [9.17, 15) is 38.7 Å². The number of carbonyl (C=O) groups excluding carboxylic acids is 6. The second kappa shape index (κ2) is 31.4. The van der Waals surface area contributed by atoms with Crippen LogP contribution in [0.4, 0.5) is 9.59 Å². The summed E-state index contributed by atoms with van der Waals surface area (Å²) >= 11 is 0. The van der Waals surface area contributed by atoms with E-state index < -0.39 is 90.2 Å². The SMILES string of the molecule is CCCCCC/C(OC[C@@H](C)NC(=O)OC(C)(C)C)=C(\C)C(=O)N(C)[C@@H](CC(C)C)C(=O)N[C@H](C(=O)N[C@@H](CNC(=O)OCc1ccccc1)C(=O)N[C@H](C(=O)O)[C@H](C)OCc1ccccc1)C1CCCCC1. The number of alkyl carbamates (subject to hydrolysis) is 2. The van der Waals surface area contributed by atoms with E-state index in [4.69, 9.17) is 18.9 Å². The molecular weight excluding hydrogens is 937 g/mol. The molecule has 0 aliphatic heterocycles. The lowest BCUT2D eigenvalue weighted by atomic mass is 9.83. The van der Waals surface area contributed by atoms with Gasteiger partial charge in [-0.15, -0.1) is 0 Å². The molecule has 6 atom stereocenters. The number of nitrogens with zero attached hydrogens (tertiary/aromatic N) is 1. The highest BCUT2D eigenvalue weighted by atomic mass is 16.6. The Labute approximate surface area is 432 Å². The summed E-state index contributed by atoms with van der Waals surface area (Å²) in [5.74, 6) is -4.06. The van der Waals surface area contributed by atoms with E-state index in [0.717, 1.165) is 50.5 Å². The molecule has 6 amide bonds. The van der Waals surface area contributed by atoms with E-state index in [1.807, 2.05) is 50.2 Å². The molecule has 1 aliphatic carbocycles. The third-order valence-corrected chi connectivity index (χ3v) is 12.4. The summed E-state index contributed by atoms with van der Waals surface area (Å²) in [6.45, 7) is 15.7. The third-order valence-electron chi connectivity index (χ3n) is 12.4. The van der Waals surface area contributed by atoms with Gasteiger partial charge in [0.1, 0.15) is 42.7 Å². The van der Waals surface area contributed by atoms with Gasteiger partial charge in [0.25, 0.3) is 5.91 Å². The van der Waals surface area contributed by atoms with Gasteiger partial charge in [-0.25, -0.2) is 14.4 Å². The monoisotopic (exact) mass is 1020 g/mol. The number of ether oxygens (including phenoxy) is 4. The summed E-state index contributed by atoms with van der Waals surface area (Å²) in [5.41, 5.74) is 1.11. The average molecular weight is 1020 g/mol. The summed E-state index contributed by atoms with van der Waals surface area (Å²) in [4.78, 5) is 97.5. The second-order valence-corrected chi connectivity index (χ2v) is 20.5. The first-order chi connectivity index (χ1) is 34.6. The number of carboxylic acid groups (broad SMARTS) is 1. The number of hydrogen-bond donors (Lipinski definition) is 6. The molecule has 1 saturated carbocycles. The number of hydrogen-bond acceptors (Lipinski definition) is 11. The molecule has 0 heterocycles. The Hall–Kier alpha value is -6.17. The van der Waals surface area contributed by atoms with Crippen molar-refractivity contribution in [2.75, 3.05) is 20.2 Å². The van der Waals surface area contributed by atoms with Crippen LogP contribution >= 0.6 is 0 Å². The van der Waals surface area contributed by atoms with Crippen LogP contribution in [0.15, 0.2) is 72.0 Å². The maximum absolute atomic E-state index is 14.7. The highest BCUT2D eigenvalue weighted by Crippen LogP contribution is 2.28. The fourth-order valence-electron chi connectivity index (χ4n) is 8.35. The number of aliphatic carboxylic acids is 1. The first-order valence-corrected chi connectivity index (χ1v) is 25.9. The average Bonchev–Trinajstić information content (AvgIpc) is 3.35. The number of likely N-dealkylation sites (N-methyl/N-ethyl adjacent to an activating group) is 1. The molecule has 0 saturated heterocycles. The Morgan fingerprint density at radius 1 is 0.740 bits per heavy atom. The van der Waals surface area contributed by atoms with Gasteiger partial charge in [-0.05, 0) is 90.2 Å². The molecule has 2 aromatic rings. The molecule has 18 nitrogen and oxygen atoms in total. The molecule has 6 N–H and O–H groups in total. The molecule has 1 fully saturated rings. The summed E-state index contributed by atoms with van der Waals surface area (Å²) in [6.07, 6.45) is 5.52. The van der Waals surface area contributed by atoms with Crippen molar-refractivity contribution >= 4 is 41.8 Å². The summed E-state index contributed by atoms with van der Waals surface area (Å²) in [7, 11) is 1.54. The fourth-order valence-corrected chi connectivity index (χ4v) is 8.35. The lowest BCUT2D eigenvalue weighted by molar-refractivity contribution is -0.147. The molecule has 0 aromatic heterocycles. The number of nitrogens with one attached hydrogen (secondary N) is 5. The van der Waals surface area contributed by atoms with Gasteiger partial charge in [-0.3, -0.25) is 19.2 Å². The lowest BCUT2D eigenvalue weighted by Crippen LogP contribution is -2.62. The zero-order chi connectivity index (χ0) is 54.1. The Morgan fingerprint density at radius 2 is 1.36 bits per heavy atom.